The maximum atomic E-state index is 5.87. The lowest BCUT2D eigenvalue weighted by molar-refractivity contribution is 0.313. The van der Waals surface area contributed by atoms with E-state index in [-0.39, 0.29) is 0 Å². The van der Waals surface area contributed by atoms with E-state index in [2.05, 4.69) is 29.0 Å². The highest BCUT2D eigenvalue weighted by atomic mass is 16.5. The average Bonchev–Trinajstić information content (AvgIpc) is 2.57. The number of likely N-dealkylation sites (N-methyl/N-ethyl adjacent to an activating group) is 1. The summed E-state index contributed by atoms with van der Waals surface area (Å²) in [4.78, 5) is 4.78. The van der Waals surface area contributed by atoms with Crippen molar-refractivity contribution < 1.29 is 4.74 Å². The van der Waals surface area contributed by atoms with Gasteiger partial charge in [-0.3, -0.25) is 0 Å². The van der Waals surface area contributed by atoms with Crippen LogP contribution in [0.5, 0.6) is 11.5 Å². The van der Waals surface area contributed by atoms with Crippen LogP contribution in [-0.2, 0) is 6.54 Å². The third-order valence-corrected chi connectivity index (χ3v) is 4.10. The number of hydrogen-bond acceptors (Lipinski definition) is 4. The highest BCUT2D eigenvalue weighted by Crippen LogP contribution is 2.25. The lowest BCUT2D eigenvalue weighted by atomic mass is 10.2. The van der Waals surface area contributed by atoms with Crippen molar-refractivity contribution in [2.24, 2.45) is 5.73 Å². The van der Waals surface area contributed by atoms with Gasteiger partial charge >= 0.3 is 0 Å². The Labute approximate surface area is 132 Å². The highest BCUT2D eigenvalue weighted by molar-refractivity contribution is 5.50. The van der Waals surface area contributed by atoms with E-state index in [9.17, 15) is 0 Å². The molecule has 0 atom stereocenters. The molecule has 2 N–H and O–H groups in total. The molecule has 3 rings (SSSR count). The molecule has 4 heteroatoms. The largest absolute Gasteiger partial charge is 0.457 e. The Morgan fingerprint density at radius 3 is 1.95 bits per heavy atom. The van der Waals surface area contributed by atoms with Gasteiger partial charge in [-0.2, -0.15) is 0 Å². The topological polar surface area (TPSA) is 41.7 Å². The number of benzene rings is 2. The van der Waals surface area contributed by atoms with E-state index in [0.717, 1.165) is 43.2 Å². The Morgan fingerprint density at radius 1 is 0.864 bits per heavy atom. The van der Waals surface area contributed by atoms with Gasteiger partial charge in [0.05, 0.1) is 0 Å². The summed E-state index contributed by atoms with van der Waals surface area (Å²) in [6, 6.07) is 16.2. The second-order valence-electron chi connectivity index (χ2n) is 5.73. The summed E-state index contributed by atoms with van der Waals surface area (Å²) in [5.41, 5.74) is 7.97. The zero-order chi connectivity index (χ0) is 15.4. The predicted octanol–water partition coefficient (Wildman–Crippen LogP) is 2.69. The molecule has 4 nitrogen and oxygen atoms in total. The van der Waals surface area contributed by atoms with Gasteiger partial charge in [-0.25, -0.2) is 0 Å². The van der Waals surface area contributed by atoms with Crippen LogP contribution in [0, 0.1) is 0 Å². The highest BCUT2D eigenvalue weighted by Gasteiger charge is 2.14. The summed E-state index contributed by atoms with van der Waals surface area (Å²) in [7, 11) is 2.17. The smallest absolute Gasteiger partial charge is 0.127 e. The van der Waals surface area contributed by atoms with Crippen LogP contribution in [0.4, 0.5) is 5.69 Å². The van der Waals surface area contributed by atoms with E-state index < -0.39 is 0 Å². The molecule has 116 valence electrons. The molecule has 2 aromatic rings. The summed E-state index contributed by atoms with van der Waals surface area (Å²) in [6.07, 6.45) is 0. The Morgan fingerprint density at radius 2 is 1.41 bits per heavy atom. The fraction of sp³-hybridized carbons (Fsp3) is 0.333. The van der Waals surface area contributed by atoms with Gasteiger partial charge < -0.3 is 20.3 Å². The molecule has 22 heavy (non-hydrogen) atoms. The van der Waals surface area contributed by atoms with Crippen LogP contribution in [0.25, 0.3) is 0 Å². The number of nitrogens with zero attached hydrogens (tertiary/aromatic N) is 2. The minimum absolute atomic E-state index is 0.556. The lowest BCUT2D eigenvalue weighted by Crippen LogP contribution is -2.44. The zero-order valence-electron chi connectivity index (χ0n) is 13.0. The van der Waals surface area contributed by atoms with Gasteiger partial charge in [0.1, 0.15) is 11.5 Å². The van der Waals surface area contributed by atoms with Gasteiger partial charge in [-0.15, -0.1) is 0 Å². The van der Waals surface area contributed by atoms with Crippen LogP contribution in [0.15, 0.2) is 48.5 Å². The maximum Gasteiger partial charge on any atom is 0.127 e. The molecule has 0 radical (unpaired) electrons. The molecule has 1 fully saturated rings. The summed E-state index contributed by atoms with van der Waals surface area (Å²) in [6.45, 7) is 4.95. The van der Waals surface area contributed by atoms with Gasteiger partial charge in [-0.1, -0.05) is 12.1 Å². The van der Waals surface area contributed by atoms with Gasteiger partial charge in [0, 0.05) is 38.4 Å². The molecule has 1 heterocycles. The molecule has 2 aromatic carbocycles. The van der Waals surface area contributed by atoms with Crippen LogP contribution in [0.2, 0.25) is 0 Å². The van der Waals surface area contributed by atoms with Crippen LogP contribution in [-0.4, -0.2) is 38.1 Å². The molecule has 0 unspecified atom stereocenters. The molecule has 1 saturated heterocycles. The summed E-state index contributed by atoms with van der Waals surface area (Å²) < 4.78 is 5.87. The molecule has 1 aliphatic heterocycles. The lowest BCUT2D eigenvalue weighted by Gasteiger charge is -2.34. The maximum absolute atomic E-state index is 5.87. The SMILES string of the molecule is CN1CCN(c2ccc(Oc3ccc(CN)cc3)cc2)CC1. The van der Waals surface area contributed by atoms with Crippen molar-refractivity contribution in [3.05, 3.63) is 54.1 Å². The third-order valence-electron chi connectivity index (χ3n) is 4.10. The predicted molar refractivity (Wildman–Crippen MR) is 90.6 cm³/mol. The zero-order valence-corrected chi connectivity index (χ0v) is 13.0. The van der Waals surface area contributed by atoms with Crippen molar-refractivity contribution >= 4 is 5.69 Å². The first-order valence-corrected chi connectivity index (χ1v) is 7.75. The summed E-state index contributed by atoms with van der Waals surface area (Å²) in [5, 5.41) is 0. The summed E-state index contributed by atoms with van der Waals surface area (Å²) in [5.74, 6) is 1.70. The molecule has 0 aliphatic carbocycles. The fourth-order valence-electron chi connectivity index (χ4n) is 2.62. The number of ether oxygens (including phenoxy) is 1. The van der Waals surface area contributed by atoms with Crippen molar-refractivity contribution in [1.82, 2.24) is 4.90 Å². The monoisotopic (exact) mass is 297 g/mol. The molecule has 0 amide bonds. The van der Waals surface area contributed by atoms with Gasteiger partial charge in [-0.05, 0) is 49.0 Å². The normalized spacial score (nSPS) is 15.8. The number of nitrogens with two attached hydrogens (primary N) is 1. The average molecular weight is 297 g/mol. The Hall–Kier alpha value is -2.04. The number of anilines is 1. The minimum atomic E-state index is 0.556. The molecule has 0 bridgehead atoms. The number of rotatable bonds is 4. The third kappa shape index (κ3) is 3.59. The number of piperazine rings is 1. The van der Waals surface area contributed by atoms with E-state index in [4.69, 9.17) is 10.5 Å². The quantitative estimate of drug-likeness (QED) is 0.942. The molecule has 0 aromatic heterocycles. The van der Waals surface area contributed by atoms with Crippen LogP contribution in [0.1, 0.15) is 5.56 Å². The van der Waals surface area contributed by atoms with E-state index in [1.54, 1.807) is 0 Å². The van der Waals surface area contributed by atoms with E-state index in [0.29, 0.717) is 6.54 Å². The second-order valence-corrected chi connectivity index (χ2v) is 5.73. The van der Waals surface area contributed by atoms with Gasteiger partial charge in [0.2, 0.25) is 0 Å². The van der Waals surface area contributed by atoms with Crippen molar-refractivity contribution in [3.63, 3.8) is 0 Å². The van der Waals surface area contributed by atoms with E-state index >= 15 is 0 Å². The minimum Gasteiger partial charge on any atom is -0.457 e. The Kier molecular flexibility index (Phi) is 4.61. The Balaban J connectivity index is 1.63. The standard InChI is InChI=1S/C18H23N3O/c1-20-10-12-21(13-11-20)16-4-8-18(9-5-16)22-17-6-2-15(14-19)3-7-17/h2-9H,10-14,19H2,1H3. The van der Waals surface area contributed by atoms with Crippen LogP contribution in [0.3, 0.4) is 0 Å². The van der Waals surface area contributed by atoms with Crippen molar-refractivity contribution in [2.75, 3.05) is 38.1 Å². The summed E-state index contributed by atoms with van der Waals surface area (Å²) >= 11 is 0. The molecular formula is C18H23N3O. The van der Waals surface area contributed by atoms with Crippen LogP contribution < -0.4 is 15.4 Å². The molecule has 0 saturated carbocycles. The number of hydrogen-bond donors (Lipinski definition) is 1. The van der Waals surface area contributed by atoms with Gasteiger partial charge in [0.15, 0.2) is 0 Å². The van der Waals surface area contributed by atoms with E-state index in [1.807, 2.05) is 36.4 Å². The van der Waals surface area contributed by atoms with Crippen molar-refractivity contribution in [3.8, 4) is 11.5 Å². The van der Waals surface area contributed by atoms with Crippen molar-refractivity contribution in [1.29, 1.82) is 0 Å². The van der Waals surface area contributed by atoms with E-state index in [1.165, 1.54) is 5.69 Å². The second kappa shape index (κ2) is 6.81. The Bertz CT molecular complexity index is 587. The van der Waals surface area contributed by atoms with Gasteiger partial charge in [0.25, 0.3) is 0 Å². The van der Waals surface area contributed by atoms with Crippen molar-refractivity contribution in [2.45, 2.75) is 6.54 Å². The fourth-order valence-corrected chi connectivity index (χ4v) is 2.62. The van der Waals surface area contributed by atoms with Crippen LogP contribution >= 0.6 is 0 Å². The molecule has 0 spiro atoms. The molecule has 1 aliphatic rings. The first-order chi connectivity index (χ1) is 10.7. The molecular weight excluding hydrogens is 274 g/mol. The first kappa shape index (κ1) is 14.9. The first-order valence-electron chi connectivity index (χ1n) is 7.75.